The van der Waals surface area contributed by atoms with Gasteiger partial charge in [0.2, 0.25) is 0 Å². The van der Waals surface area contributed by atoms with Crippen molar-refractivity contribution in [2.24, 2.45) is 0 Å². The summed E-state index contributed by atoms with van der Waals surface area (Å²) in [6, 6.07) is 18.6. The summed E-state index contributed by atoms with van der Waals surface area (Å²) in [7, 11) is 0. The lowest BCUT2D eigenvalue weighted by Gasteiger charge is -2.17. The van der Waals surface area contributed by atoms with Gasteiger partial charge in [0.25, 0.3) is 0 Å². The molecule has 1 aromatic heterocycles. The molecule has 3 aromatic rings. The maximum absolute atomic E-state index is 10.4. The zero-order valence-corrected chi connectivity index (χ0v) is 17.8. The molecule has 2 unspecified atom stereocenters. The summed E-state index contributed by atoms with van der Waals surface area (Å²) in [6.07, 6.45) is 3.98. The summed E-state index contributed by atoms with van der Waals surface area (Å²) in [4.78, 5) is 3.34. The number of para-hydroxylation sites is 1. The van der Waals surface area contributed by atoms with Gasteiger partial charge in [0.15, 0.2) is 0 Å². The smallest absolute Gasteiger partial charge is 0.130 e. The molecule has 3 rings (SSSR count). The first-order valence-electron chi connectivity index (χ1n) is 9.68. The third kappa shape index (κ3) is 6.80. The number of fused-ring (bicyclic) bond motifs is 1. The van der Waals surface area contributed by atoms with E-state index in [9.17, 15) is 5.11 Å². The minimum atomic E-state index is -0.401. The van der Waals surface area contributed by atoms with Gasteiger partial charge in [-0.2, -0.15) is 0 Å². The minimum Gasteiger partial charge on any atom is -1.00 e. The molecule has 0 amide bonds. The number of nitrogens with one attached hydrogen (secondary N) is 1. The average molecular weight is 424 g/mol. The van der Waals surface area contributed by atoms with Crippen LogP contribution >= 0.6 is 0 Å². The van der Waals surface area contributed by atoms with Crippen molar-refractivity contribution in [1.82, 2.24) is 4.98 Å². The maximum Gasteiger partial charge on any atom is 0.130 e. The van der Waals surface area contributed by atoms with Gasteiger partial charge in [0, 0.05) is 29.9 Å². The van der Waals surface area contributed by atoms with Gasteiger partial charge in [-0.15, -0.1) is 0 Å². The molecule has 0 aliphatic heterocycles. The first kappa shape index (κ1) is 24.5. The van der Waals surface area contributed by atoms with Crippen LogP contribution in [0, 0.1) is 0 Å². The number of aliphatic hydroxyl groups excluding tert-OH is 1. The van der Waals surface area contributed by atoms with Crippen molar-refractivity contribution >= 4 is 10.9 Å². The predicted molar refractivity (Wildman–Crippen MR) is 106 cm³/mol. The molecule has 0 saturated carbocycles. The van der Waals surface area contributed by atoms with Crippen LogP contribution in [0.3, 0.4) is 0 Å². The van der Waals surface area contributed by atoms with Gasteiger partial charge < -0.3 is 45.5 Å². The number of aromatic amines is 1. The van der Waals surface area contributed by atoms with Crippen LogP contribution < -0.4 is 35.4 Å². The summed E-state index contributed by atoms with van der Waals surface area (Å²) in [6.45, 7) is 5.39. The number of hydrogen-bond acceptors (Lipinski definition) is 1. The maximum atomic E-state index is 10.4. The fourth-order valence-electron chi connectivity index (χ4n) is 3.47. The Morgan fingerprint density at radius 3 is 2.43 bits per heavy atom. The Labute approximate surface area is 179 Å². The van der Waals surface area contributed by atoms with Crippen LogP contribution in [-0.4, -0.2) is 35.8 Å². The molecule has 0 fully saturated rings. The normalized spacial score (nSPS) is 12.8. The van der Waals surface area contributed by atoms with Crippen LogP contribution in [0.25, 0.3) is 10.9 Å². The molecule has 6 N–H and O–H groups in total. The second-order valence-electron chi connectivity index (χ2n) is 7.07. The highest BCUT2D eigenvalue weighted by molar-refractivity contribution is 5.82. The van der Waals surface area contributed by atoms with E-state index in [4.69, 9.17) is 0 Å². The number of halogens is 2. The van der Waals surface area contributed by atoms with Gasteiger partial charge in [0.05, 0.1) is 19.6 Å². The lowest BCUT2D eigenvalue weighted by molar-refractivity contribution is -0.705. The monoisotopic (exact) mass is 423 g/mol. The van der Waals surface area contributed by atoms with Crippen molar-refractivity contribution < 1.29 is 40.6 Å². The number of hydrogen-bond donors (Lipinski definition) is 4. The topological polar surface area (TPSA) is 69.2 Å². The fraction of sp³-hybridized carbons (Fsp3) is 0.364. The quantitative estimate of drug-likeness (QED) is 0.243. The number of H-pyrrole nitrogens is 1. The second-order valence-corrected chi connectivity index (χ2v) is 7.07. The Kier molecular flexibility index (Phi) is 11.2. The molecule has 6 heteroatoms. The van der Waals surface area contributed by atoms with E-state index in [2.05, 4.69) is 53.0 Å². The van der Waals surface area contributed by atoms with Crippen molar-refractivity contribution in [3.8, 4) is 0 Å². The van der Waals surface area contributed by atoms with Crippen LogP contribution in [0.4, 0.5) is 0 Å². The first-order valence-corrected chi connectivity index (χ1v) is 9.68. The van der Waals surface area contributed by atoms with Crippen LogP contribution in [0.1, 0.15) is 30.6 Å². The molecule has 0 aliphatic carbocycles. The third-order valence-corrected chi connectivity index (χ3v) is 5.08. The molecule has 0 radical (unpaired) electrons. The van der Waals surface area contributed by atoms with Gasteiger partial charge in [-0.25, -0.2) is 0 Å². The summed E-state index contributed by atoms with van der Waals surface area (Å²) < 4.78 is 0. The second kappa shape index (κ2) is 12.8. The minimum absolute atomic E-state index is 0. The van der Waals surface area contributed by atoms with E-state index in [0.29, 0.717) is 0 Å². The van der Waals surface area contributed by atoms with Gasteiger partial charge in [-0.05, 0) is 24.1 Å². The highest BCUT2D eigenvalue weighted by Crippen LogP contribution is 2.17. The first-order chi connectivity index (χ1) is 12.8. The Morgan fingerprint density at radius 2 is 1.64 bits per heavy atom. The highest BCUT2D eigenvalue weighted by Gasteiger charge is 2.18. The van der Waals surface area contributed by atoms with E-state index < -0.39 is 6.10 Å². The average Bonchev–Trinajstić information content (AvgIpc) is 3.10. The Bertz CT molecular complexity index is 795. The number of aliphatic hydroxyl groups is 1. The van der Waals surface area contributed by atoms with Gasteiger partial charge in [-0.1, -0.05) is 48.5 Å². The molecule has 2 aromatic carbocycles. The van der Waals surface area contributed by atoms with Crippen molar-refractivity contribution in [2.45, 2.75) is 31.9 Å². The summed E-state index contributed by atoms with van der Waals surface area (Å²) in [5.41, 5.74) is 3.63. The van der Waals surface area contributed by atoms with E-state index >= 15 is 0 Å². The van der Waals surface area contributed by atoms with Crippen molar-refractivity contribution in [3.05, 3.63) is 71.9 Å². The molecular weight excluding hydrogens is 393 g/mol. The third-order valence-electron chi connectivity index (χ3n) is 5.08. The predicted octanol–water partition coefficient (Wildman–Crippen LogP) is -4.64. The fourth-order valence-corrected chi connectivity index (χ4v) is 3.47. The van der Waals surface area contributed by atoms with Crippen molar-refractivity contribution in [3.63, 3.8) is 0 Å². The molecule has 1 heterocycles. The van der Waals surface area contributed by atoms with E-state index in [0.717, 1.165) is 38.0 Å². The number of aromatic nitrogens is 1. The number of benzene rings is 2. The zero-order valence-electron chi connectivity index (χ0n) is 16.3. The van der Waals surface area contributed by atoms with Crippen LogP contribution in [-0.2, 0) is 6.42 Å². The molecule has 0 spiro atoms. The van der Waals surface area contributed by atoms with Crippen molar-refractivity contribution in [1.29, 1.82) is 0 Å². The molecule has 0 saturated heterocycles. The van der Waals surface area contributed by atoms with E-state index in [1.165, 1.54) is 16.5 Å². The molecule has 154 valence electrons. The zero-order chi connectivity index (χ0) is 18.2. The number of nitrogens with two attached hydrogens (primary N) is 2. The lowest BCUT2D eigenvalue weighted by Crippen LogP contribution is -3.00. The van der Waals surface area contributed by atoms with E-state index in [1.54, 1.807) is 0 Å². The number of rotatable bonds is 10. The lowest BCUT2D eigenvalue weighted by atomic mass is 10.0. The van der Waals surface area contributed by atoms with E-state index in [1.807, 2.05) is 30.3 Å². The summed E-state index contributed by atoms with van der Waals surface area (Å²) >= 11 is 0. The van der Waals surface area contributed by atoms with Crippen LogP contribution in [0.5, 0.6) is 0 Å². The van der Waals surface area contributed by atoms with Crippen LogP contribution in [0.15, 0.2) is 60.8 Å². The molecular formula is C22H31Cl2N3O. The van der Waals surface area contributed by atoms with Gasteiger partial charge in [0.1, 0.15) is 12.1 Å². The Hall–Kier alpha value is -1.56. The summed E-state index contributed by atoms with van der Waals surface area (Å²) in [5, 5.41) is 16.4. The van der Waals surface area contributed by atoms with Gasteiger partial charge in [-0.3, -0.25) is 0 Å². The Balaban J connectivity index is 0.00000196. The largest absolute Gasteiger partial charge is 1.00 e. The summed E-state index contributed by atoms with van der Waals surface area (Å²) in [5.74, 6) is 0. The number of quaternary nitrogens is 2. The van der Waals surface area contributed by atoms with Gasteiger partial charge >= 0.3 is 0 Å². The molecule has 4 nitrogen and oxygen atoms in total. The highest BCUT2D eigenvalue weighted by atomic mass is 35.5. The molecule has 28 heavy (non-hydrogen) atoms. The van der Waals surface area contributed by atoms with Crippen molar-refractivity contribution in [2.75, 3.05) is 19.6 Å². The SMILES string of the molecule is CC([NH2+]CCC[NH2+]CCc1c[nH]c2ccccc12)C(O)c1ccccc1.[Cl-].[Cl-]. The standard InChI is InChI=1S/C22H29N3O.2ClH/c1-17(22(26)18-8-3-2-4-9-18)24-14-7-13-23-15-12-19-16-25-21-11-6-5-10-20(19)21;;/h2-6,8-11,16-17,22-26H,7,12-15H2,1H3;2*1H. The van der Waals surface area contributed by atoms with Crippen LogP contribution in [0.2, 0.25) is 0 Å². The molecule has 2 atom stereocenters. The molecule has 0 aliphatic rings. The Morgan fingerprint density at radius 1 is 0.929 bits per heavy atom. The van der Waals surface area contributed by atoms with E-state index in [-0.39, 0.29) is 30.9 Å². The molecule has 0 bridgehead atoms.